The monoisotopic (exact) mass is 194 g/mol. The third-order valence-corrected chi connectivity index (χ3v) is 2.88. The van der Waals surface area contributed by atoms with Gasteiger partial charge in [-0.2, -0.15) is 0 Å². The SMILES string of the molecule is Cc1ccc(C(N)CC2CCNC2)o1. The highest BCUT2D eigenvalue weighted by Crippen LogP contribution is 2.23. The quantitative estimate of drug-likeness (QED) is 0.768. The Morgan fingerprint density at radius 2 is 2.50 bits per heavy atom. The molecule has 1 aliphatic heterocycles. The van der Waals surface area contributed by atoms with Crippen LogP contribution in [0.3, 0.4) is 0 Å². The number of aryl methyl sites for hydroxylation is 1. The zero-order valence-corrected chi connectivity index (χ0v) is 8.62. The van der Waals surface area contributed by atoms with Crippen LogP contribution in [0.2, 0.25) is 0 Å². The molecule has 14 heavy (non-hydrogen) atoms. The summed E-state index contributed by atoms with van der Waals surface area (Å²) in [6, 6.07) is 4.03. The molecule has 0 spiro atoms. The summed E-state index contributed by atoms with van der Waals surface area (Å²) in [7, 11) is 0. The summed E-state index contributed by atoms with van der Waals surface area (Å²) in [5.41, 5.74) is 6.07. The first-order chi connectivity index (χ1) is 6.75. The smallest absolute Gasteiger partial charge is 0.120 e. The Hall–Kier alpha value is -0.800. The number of nitrogens with two attached hydrogens (primary N) is 1. The summed E-state index contributed by atoms with van der Waals surface area (Å²) in [6.45, 7) is 4.19. The van der Waals surface area contributed by atoms with Crippen LogP contribution >= 0.6 is 0 Å². The van der Waals surface area contributed by atoms with Gasteiger partial charge in [0.25, 0.3) is 0 Å². The number of nitrogens with one attached hydrogen (secondary N) is 1. The molecule has 0 amide bonds. The normalized spacial score (nSPS) is 24.0. The van der Waals surface area contributed by atoms with Gasteiger partial charge < -0.3 is 15.5 Å². The van der Waals surface area contributed by atoms with Gasteiger partial charge in [-0.3, -0.25) is 0 Å². The molecule has 0 aliphatic carbocycles. The van der Waals surface area contributed by atoms with Crippen LogP contribution < -0.4 is 11.1 Å². The molecule has 0 aromatic carbocycles. The Labute approximate surface area is 84.7 Å². The standard InChI is InChI=1S/C11H18N2O/c1-8-2-3-11(14-8)10(12)6-9-4-5-13-7-9/h2-3,9-10,13H,4-7,12H2,1H3. The van der Waals surface area contributed by atoms with Gasteiger partial charge in [-0.1, -0.05) is 0 Å². The lowest BCUT2D eigenvalue weighted by Crippen LogP contribution is -2.17. The van der Waals surface area contributed by atoms with Gasteiger partial charge in [0.1, 0.15) is 11.5 Å². The van der Waals surface area contributed by atoms with Crippen LogP contribution in [-0.4, -0.2) is 13.1 Å². The van der Waals surface area contributed by atoms with Crippen LogP contribution in [0.4, 0.5) is 0 Å². The first-order valence-electron chi connectivity index (χ1n) is 5.28. The van der Waals surface area contributed by atoms with E-state index in [2.05, 4.69) is 5.32 Å². The van der Waals surface area contributed by atoms with E-state index in [0.717, 1.165) is 36.9 Å². The van der Waals surface area contributed by atoms with Crippen molar-refractivity contribution in [3.05, 3.63) is 23.7 Å². The molecule has 1 aromatic rings. The zero-order chi connectivity index (χ0) is 9.97. The fourth-order valence-electron chi connectivity index (χ4n) is 2.04. The second-order valence-corrected chi connectivity index (χ2v) is 4.15. The van der Waals surface area contributed by atoms with Crippen LogP contribution in [0.1, 0.15) is 30.4 Å². The molecule has 3 nitrogen and oxygen atoms in total. The molecular weight excluding hydrogens is 176 g/mol. The van der Waals surface area contributed by atoms with Gasteiger partial charge in [0.2, 0.25) is 0 Å². The third kappa shape index (κ3) is 2.16. The van der Waals surface area contributed by atoms with Crippen LogP contribution in [0.15, 0.2) is 16.5 Å². The highest BCUT2D eigenvalue weighted by Gasteiger charge is 2.20. The maximum absolute atomic E-state index is 6.07. The van der Waals surface area contributed by atoms with E-state index in [1.807, 2.05) is 19.1 Å². The Morgan fingerprint density at radius 1 is 1.64 bits per heavy atom. The Morgan fingerprint density at radius 3 is 3.07 bits per heavy atom. The third-order valence-electron chi connectivity index (χ3n) is 2.88. The van der Waals surface area contributed by atoms with Gasteiger partial charge in [-0.25, -0.2) is 0 Å². The van der Waals surface area contributed by atoms with Crippen LogP contribution in [0.5, 0.6) is 0 Å². The van der Waals surface area contributed by atoms with Crippen molar-refractivity contribution in [2.45, 2.75) is 25.8 Å². The molecule has 1 fully saturated rings. The minimum Gasteiger partial charge on any atom is -0.465 e. The van der Waals surface area contributed by atoms with Crippen molar-refractivity contribution in [1.29, 1.82) is 0 Å². The highest BCUT2D eigenvalue weighted by molar-refractivity contribution is 5.09. The summed E-state index contributed by atoms with van der Waals surface area (Å²) in [5.74, 6) is 2.59. The number of rotatable bonds is 3. The molecule has 78 valence electrons. The maximum Gasteiger partial charge on any atom is 0.120 e. The molecule has 0 bridgehead atoms. The summed E-state index contributed by atoms with van der Waals surface area (Å²) in [6.07, 6.45) is 2.27. The van der Waals surface area contributed by atoms with Gasteiger partial charge >= 0.3 is 0 Å². The van der Waals surface area contributed by atoms with Gasteiger partial charge in [-0.05, 0) is 50.9 Å². The van der Waals surface area contributed by atoms with Crippen molar-refractivity contribution in [2.24, 2.45) is 11.7 Å². The van der Waals surface area contributed by atoms with E-state index in [1.165, 1.54) is 6.42 Å². The van der Waals surface area contributed by atoms with E-state index in [-0.39, 0.29) is 6.04 Å². The van der Waals surface area contributed by atoms with E-state index in [1.54, 1.807) is 0 Å². The first-order valence-corrected chi connectivity index (χ1v) is 5.28. The molecule has 0 saturated carbocycles. The van der Waals surface area contributed by atoms with Crippen molar-refractivity contribution in [3.63, 3.8) is 0 Å². The molecule has 1 aliphatic rings. The van der Waals surface area contributed by atoms with Crippen molar-refractivity contribution in [3.8, 4) is 0 Å². The van der Waals surface area contributed by atoms with Crippen LogP contribution in [0.25, 0.3) is 0 Å². The second kappa shape index (κ2) is 4.15. The zero-order valence-electron chi connectivity index (χ0n) is 8.62. The summed E-state index contributed by atoms with van der Waals surface area (Å²) < 4.78 is 5.51. The highest BCUT2D eigenvalue weighted by atomic mass is 16.3. The Kier molecular flexibility index (Phi) is 2.89. The first kappa shape index (κ1) is 9.74. The molecule has 2 unspecified atom stereocenters. The summed E-state index contributed by atoms with van der Waals surface area (Å²) >= 11 is 0. The molecule has 1 aromatic heterocycles. The predicted octanol–water partition coefficient (Wildman–Crippen LogP) is 1.59. The van der Waals surface area contributed by atoms with Crippen LogP contribution in [0, 0.1) is 12.8 Å². The Balaban J connectivity index is 1.91. The van der Waals surface area contributed by atoms with Gasteiger partial charge in [0.05, 0.1) is 6.04 Å². The van der Waals surface area contributed by atoms with Gasteiger partial charge in [-0.15, -0.1) is 0 Å². The number of furan rings is 1. The van der Waals surface area contributed by atoms with Crippen molar-refractivity contribution in [2.75, 3.05) is 13.1 Å². The molecule has 2 heterocycles. The number of hydrogen-bond acceptors (Lipinski definition) is 3. The molecule has 2 atom stereocenters. The topological polar surface area (TPSA) is 51.2 Å². The van der Waals surface area contributed by atoms with E-state index in [4.69, 9.17) is 10.2 Å². The maximum atomic E-state index is 6.07. The molecule has 3 N–H and O–H groups in total. The fourth-order valence-corrected chi connectivity index (χ4v) is 2.04. The van der Waals surface area contributed by atoms with Crippen molar-refractivity contribution < 1.29 is 4.42 Å². The van der Waals surface area contributed by atoms with Crippen molar-refractivity contribution >= 4 is 0 Å². The van der Waals surface area contributed by atoms with E-state index in [9.17, 15) is 0 Å². The lowest BCUT2D eigenvalue weighted by atomic mass is 9.98. The van der Waals surface area contributed by atoms with Gasteiger partial charge in [0.15, 0.2) is 0 Å². The molecular formula is C11H18N2O. The van der Waals surface area contributed by atoms with Crippen molar-refractivity contribution in [1.82, 2.24) is 5.32 Å². The molecule has 2 rings (SSSR count). The minimum atomic E-state index is 0.0635. The number of hydrogen-bond donors (Lipinski definition) is 2. The lowest BCUT2D eigenvalue weighted by molar-refractivity contribution is 0.392. The second-order valence-electron chi connectivity index (χ2n) is 4.15. The average molecular weight is 194 g/mol. The molecule has 0 radical (unpaired) electrons. The van der Waals surface area contributed by atoms with E-state index in [0.29, 0.717) is 0 Å². The van der Waals surface area contributed by atoms with Gasteiger partial charge in [0, 0.05) is 0 Å². The molecule has 1 saturated heterocycles. The average Bonchev–Trinajstić information content (AvgIpc) is 2.75. The summed E-state index contributed by atoms with van der Waals surface area (Å²) in [4.78, 5) is 0. The largest absolute Gasteiger partial charge is 0.465 e. The van der Waals surface area contributed by atoms with E-state index >= 15 is 0 Å². The summed E-state index contributed by atoms with van der Waals surface area (Å²) in [5, 5.41) is 3.35. The molecule has 3 heteroatoms. The predicted molar refractivity (Wildman–Crippen MR) is 56.0 cm³/mol. The minimum absolute atomic E-state index is 0.0635. The fraction of sp³-hybridized carbons (Fsp3) is 0.636. The van der Waals surface area contributed by atoms with Crippen LogP contribution in [-0.2, 0) is 0 Å². The van der Waals surface area contributed by atoms with E-state index < -0.39 is 0 Å². The lowest BCUT2D eigenvalue weighted by Gasteiger charge is -2.13. The Bertz CT molecular complexity index is 289.